The van der Waals surface area contributed by atoms with Crippen molar-refractivity contribution >= 4 is 0 Å². The summed E-state index contributed by atoms with van der Waals surface area (Å²) in [5, 5.41) is 11.3. The van der Waals surface area contributed by atoms with Crippen LogP contribution in [-0.4, -0.2) is 29.0 Å². The molecule has 0 spiro atoms. The van der Waals surface area contributed by atoms with Crippen LogP contribution < -0.4 is 5.32 Å². The molecule has 17 heavy (non-hydrogen) atoms. The van der Waals surface area contributed by atoms with Gasteiger partial charge in [-0.05, 0) is 34.1 Å². The van der Waals surface area contributed by atoms with E-state index in [0.29, 0.717) is 18.3 Å². The van der Waals surface area contributed by atoms with Crippen molar-refractivity contribution in [2.24, 2.45) is 0 Å². The van der Waals surface area contributed by atoms with Crippen molar-refractivity contribution in [3.63, 3.8) is 0 Å². The number of aromatic nitrogens is 2. The van der Waals surface area contributed by atoms with Crippen LogP contribution in [0.4, 0.5) is 0 Å². The Balaban J connectivity index is 2.28. The lowest BCUT2D eigenvalue weighted by Crippen LogP contribution is -2.35. The van der Waals surface area contributed by atoms with E-state index < -0.39 is 0 Å². The first kappa shape index (κ1) is 14.1. The molecule has 0 fully saturated rings. The maximum atomic E-state index is 5.52. The minimum atomic E-state index is 0.0591. The van der Waals surface area contributed by atoms with Gasteiger partial charge in [0.1, 0.15) is 0 Å². The van der Waals surface area contributed by atoms with Crippen molar-refractivity contribution in [3.8, 4) is 0 Å². The van der Waals surface area contributed by atoms with Crippen LogP contribution in [0.25, 0.3) is 0 Å². The third kappa shape index (κ3) is 6.38. The molecule has 0 saturated heterocycles. The first-order valence-electron chi connectivity index (χ1n) is 6.15. The lowest BCUT2D eigenvalue weighted by Gasteiger charge is -2.18. The summed E-state index contributed by atoms with van der Waals surface area (Å²) in [7, 11) is 0. The fraction of sp³-hybridized carbons (Fsp3) is 0.833. The summed E-state index contributed by atoms with van der Waals surface area (Å²) in [4.78, 5) is 0. The van der Waals surface area contributed by atoms with E-state index in [4.69, 9.17) is 9.15 Å². The van der Waals surface area contributed by atoms with Crippen molar-refractivity contribution in [1.29, 1.82) is 0 Å². The van der Waals surface area contributed by atoms with Crippen LogP contribution >= 0.6 is 0 Å². The van der Waals surface area contributed by atoms with Crippen LogP contribution in [0.1, 0.15) is 45.9 Å². The third-order valence-corrected chi connectivity index (χ3v) is 2.16. The summed E-state index contributed by atoms with van der Waals surface area (Å²) in [6, 6.07) is 0. The average molecular weight is 241 g/mol. The van der Waals surface area contributed by atoms with Crippen molar-refractivity contribution in [3.05, 3.63) is 11.8 Å². The summed E-state index contributed by atoms with van der Waals surface area (Å²) < 4.78 is 10.8. The summed E-state index contributed by atoms with van der Waals surface area (Å²) in [6.07, 6.45) is 1.70. The molecule has 5 heteroatoms. The second kappa shape index (κ2) is 6.71. The fourth-order valence-electron chi connectivity index (χ4n) is 1.27. The zero-order chi connectivity index (χ0) is 12.7. The van der Waals surface area contributed by atoms with Crippen LogP contribution in [0.5, 0.6) is 0 Å². The molecule has 1 heterocycles. The minimum Gasteiger partial charge on any atom is -0.424 e. The average Bonchev–Trinajstić information content (AvgIpc) is 2.69. The Bertz CT molecular complexity index is 318. The standard InChI is InChI=1S/C12H23N3O2/c1-5-16-8-6-7-10-14-15-11(17-10)9-13-12(2,3)4/h13H,5-9H2,1-4H3. The maximum Gasteiger partial charge on any atom is 0.230 e. The molecule has 98 valence electrons. The summed E-state index contributed by atoms with van der Waals surface area (Å²) in [5.74, 6) is 1.33. The normalized spacial score (nSPS) is 12.0. The Morgan fingerprint density at radius 2 is 1.94 bits per heavy atom. The third-order valence-electron chi connectivity index (χ3n) is 2.16. The topological polar surface area (TPSA) is 60.2 Å². The van der Waals surface area contributed by atoms with E-state index in [0.717, 1.165) is 26.1 Å². The highest BCUT2D eigenvalue weighted by atomic mass is 16.5. The van der Waals surface area contributed by atoms with E-state index in [-0.39, 0.29) is 5.54 Å². The lowest BCUT2D eigenvalue weighted by atomic mass is 10.1. The molecule has 5 nitrogen and oxygen atoms in total. The van der Waals surface area contributed by atoms with Crippen LogP contribution in [-0.2, 0) is 17.7 Å². The van der Waals surface area contributed by atoms with Gasteiger partial charge in [-0.25, -0.2) is 0 Å². The smallest absolute Gasteiger partial charge is 0.230 e. The highest BCUT2D eigenvalue weighted by molar-refractivity contribution is 4.83. The summed E-state index contributed by atoms with van der Waals surface area (Å²) >= 11 is 0. The van der Waals surface area contributed by atoms with Crippen LogP contribution in [0.15, 0.2) is 4.42 Å². The van der Waals surface area contributed by atoms with E-state index in [1.165, 1.54) is 0 Å². The summed E-state index contributed by atoms with van der Waals surface area (Å²) in [6.45, 7) is 10.4. The zero-order valence-corrected chi connectivity index (χ0v) is 11.2. The maximum absolute atomic E-state index is 5.52. The van der Waals surface area contributed by atoms with Crippen LogP contribution in [0.3, 0.4) is 0 Å². The van der Waals surface area contributed by atoms with Crippen molar-refractivity contribution in [2.45, 2.75) is 52.6 Å². The van der Waals surface area contributed by atoms with Gasteiger partial charge in [-0.15, -0.1) is 10.2 Å². The van der Waals surface area contributed by atoms with Gasteiger partial charge >= 0.3 is 0 Å². The van der Waals surface area contributed by atoms with Gasteiger partial charge < -0.3 is 14.5 Å². The molecule has 0 bridgehead atoms. The Morgan fingerprint density at radius 3 is 2.59 bits per heavy atom. The molecule has 0 aliphatic heterocycles. The molecule has 1 aromatic heterocycles. The molecule has 0 amide bonds. The molecular formula is C12H23N3O2. The quantitative estimate of drug-likeness (QED) is 0.739. The molecule has 1 aromatic rings. The highest BCUT2D eigenvalue weighted by Gasteiger charge is 2.11. The van der Waals surface area contributed by atoms with E-state index in [2.05, 4.69) is 36.3 Å². The molecule has 0 aromatic carbocycles. The van der Waals surface area contributed by atoms with Gasteiger partial charge in [-0.3, -0.25) is 0 Å². The predicted octanol–water partition coefficient (Wildman–Crippen LogP) is 1.93. The Labute approximate surface area is 103 Å². The van der Waals surface area contributed by atoms with Gasteiger partial charge in [0.25, 0.3) is 0 Å². The molecular weight excluding hydrogens is 218 g/mol. The van der Waals surface area contributed by atoms with E-state index in [1.807, 2.05) is 6.92 Å². The zero-order valence-electron chi connectivity index (χ0n) is 11.2. The van der Waals surface area contributed by atoms with Gasteiger partial charge in [0.15, 0.2) is 0 Å². The molecule has 0 radical (unpaired) electrons. The molecule has 0 saturated carbocycles. The molecule has 0 aliphatic carbocycles. The SMILES string of the molecule is CCOCCCc1nnc(CNC(C)(C)C)o1. The number of nitrogens with one attached hydrogen (secondary N) is 1. The molecule has 1 N–H and O–H groups in total. The monoisotopic (exact) mass is 241 g/mol. The first-order chi connectivity index (χ1) is 8.01. The number of aryl methyl sites for hydroxylation is 1. The van der Waals surface area contributed by atoms with Gasteiger partial charge in [-0.1, -0.05) is 0 Å². The van der Waals surface area contributed by atoms with E-state index in [9.17, 15) is 0 Å². The van der Waals surface area contributed by atoms with Gasteiger partial charge in [0.05, 0.1) is 6.54 Å². The number of hydrogen-bond acceptors (Lipinski definition) is 5. The van der Waals surface area contributed by atoms with Gasteiger partial charge in [0, 0.05) is 25.2 Å². The van der Waals surface area contributed by atoms with Crippen LogP contribution in [0, 0.1) is 0 Å². The number of ether oxygens (including phenoxy) is 1. The molecule has 0 aliphatic rings. The highest BCUT2D eigenvalue weighted by Crippen LogP contribution is 2.05. The van der Waals surface area contributed by atoms with Gasteiger partial charge in [0.2, 0.25) is 11.8 Å². The lowest BCUT2D eigenvalue weighted by molar-refractivity contribution is 0.143. The predicted molar refractivity (Wildman–Crippen MR) is 65.7 cm³/mol. The Morgan fingerprint density at radius 1 is 1.24 bits per heavy atom. The summed E-state index contributed by atoms with van der Waals surface area (Å²) in [5.41, 5.74) is 0.0591. The second-order valence-corrected chi connectivity index (χ2v) is 4.99. The fourth-order valence-corrected chi connectivity index (χ4v) is 1.27. The number of rotatable bonds is 7. The van der Waals surface area contributed by atoms with Crippen LogP contribution in [0.2, 0.25) is 0 Å². The number of hydrogen-bond donors (Lipinski definition) is 1. The van der Waals surface area contributed by atoms with Gasteiger partial charge in [-0.2, -0.15) is 0 Å². The first-order valence-corrected chi connectivity index (χ1v) is 6.15. The van der Waals surface area contributed by atoms with Crippen molar-refractivity contribution < 1.29 is 9.15 Å². The Kier molecular flexibility index (Phi) is 5.58. The van der Waals surface area contributed by atoms with Crippen molar-refractivity contribution in [1.82, 2.24) is 15.5 Å². The molecule has 0 unspecified atom stereocenters. The van der Waals surface area contributed by atoms with Crippen molar-refractivity contribution in [2.75, 3.05) is 13.2 Å². The number of nitrogens with zero attached hydrogens (tertiary/aromatic N) is 2. The Hall–Kier alpha value is -0.940. The molecule has 0 atom stereocenters. The minimum absolute atomic E-state index is 0.0591. The van der Waals surface area contributed by atoms with E-state index >= 15 is 0 Å². The van der Waals surface area contributed by atoms with E-state index in [1.54, 1.807) is 0 Å². The molecule has 1 rings (SSSR count). The second-order valence-electron chi connectivity index (χ2n) is 4.99. The largest absolute Gasteiger partial charge is 0.424 e.